The molecule has 0 aromatic rings. The second kappa shape index (κ2) is 5.45. The zero-order chi connectivity index (χ0) is 12.4. The highest BCUT2D eigenvalue weighted by atomic mass is 16.7. The second-order valence-corrected chi connectivity index (χ2v) is 6.03. The number of ether oxygens (including phenoxy) is 2. The Balaban J connectivity index is 1.48. The highest BCUT2D eigenvalue weighted by molar-refractivity contribution is 4.90. The summed E-state index contributed by atoms with van der Waals surface area (Å²) in [5.41, 5.74) is 0. The lowest BCUT2D eigenvalue weighted by Gasteiger charge is -2.37. The summed E-state index contributed by atoms with van der Waals surface area (Å²) < 4.78 is 11.5. The zero-order valence-corrected chi connectivity index (χ0v) is 11.1. The van der Waals surface area contributed by atoms with Gasteiger partial charge in [-0.15, -0.1) is 0 Å². The number of aliphatic hydroxyl groups is 1. The van der Waals surface area contributed by atoms with E-state index in [0.717, 1.165) is 38.9 Å². The van der Waals surface area contributed by atoms with Crippen LogP contribution in [0.15, 0.2) is 0 Å². The molecule has 2 atom stereocenters. The molecule has 0 aromatic carbocycles. The molecule has 1 heterocycles. The van der Waals surface area contributed by atoms with Crippen LogP contribution in [0, 0.1) is 5.92 Å². The third kappa shape index (κ3) is 2.57. The van der Waals surface area contributed by atoms with Crippen LogP contribution in [0.25, 0.3) is 0 Å². The summed E-state index contributed by atoms with van der Waals surface area (Å²) in [5.74, 6) is 0.226. The van der Waals surface area contributed by atoms with Crippen LogP contribution in [0.1, 0.15) is 44.9 Å². The fourth-order valence-corrected chi connectivity index (χ4v) is 3.79. The molecule has 2 aliphatic carbocycles. The Morgan fingerprint density at radius 3 is 2.44 bits per heavy atom. The van der Waals surface area contributed by atoms with E-state index in [2.05, 4.69) is 5.32 Å². The van der Waals surface area contributed by atoms with Gasteiger partial charge in [0.2, 0.25) is 0 Å². The summed E-state index contributed by atoms with van der Waals surface area (Å²) in [6.07, 6.45) is 7.95. The molecule has 3 fully saturated rings. The molecule has 0 aromatic heterocycles. The van der Waals surface area contributed by atoms with Crippen LogP contribution in [0.3, 0.4) is 0 Å². The average Bonchev–Trinajstić information content (AvgIpc) is 3.02. The maximum atomic E-state index is 9.35. The number of aliphatic hydroxyl groups excluding tert-OH is 1. The van der Waals surface area contributed by atoms with Gasteiger partial charge in [-0.2, -0.15) is 0 Å². The minimum absolute atomic E-state index is 0.246. The third-order valence-corrected chi connectivity index (χ3v) is 4.90. The summed E-state index contributed by atoms with van der Waals surface area (Å²) in [6, 6.07) is 1.11. The van der Waals surface area contributed by atoms with Crippen molar-refractivity contribution in [1.82, 2.24) is 5.32 Å². The van der Waals surface area contributed by atoms with Crippen molar-refractivity contribution < 1.29 is 14.6 Å². The van der Waals surface area contributed by atoms with E-state index in [4.69, 9.17) is 9.47 Å². The summed E-state index contributed by atoms with van der Waals surface area (Å²) in [7, 11) is 0. The molecule has 18 heavy (non-hydrogen) atoms. The summed E-state index contributed by atoms with van der Waals surface area (Å²) in [6.45, 7) is 1.85. The summed E-state index contributed by atoms with van der Waals surface area (Å²) >= 11 is 0. The van der Waals surface area contributed by atoms with Crippen LogP contribution in [0.2, 0.25) is 0 Å². The van der Waals surface area contributed by atoms with Crippen LogP contribution in [0.5, 0.6) is 0 Å². The van der Waals surface area contributed by atoms with Gasteiger partial charge in [-0.05, 0) is 31.6 Å². The standard InChI is InChI=1S/C14H25NO3/c16-10-11-2-1-3-13(11)15-12-4-6-14(7-5-12)17-8-9-18-14/h11-13,15-16H,1-10H2. The Hall–Kier alpha value is -0.160. The molecule has 1 saturated heterocycles. The first kappa shape index (κ1) is 12.9. The fraction of sp³-hybridized carbons (Fsp3) is 1.00. The summed E-state index contributed by atoms with van der Waals surface area (Å²) in [5, 5.41) is 13.1. The predicted octanol–water partition coefficient (Wildman–Crippen LogP) is 1.42. The maximum Gasteiger partial charge on any atom is 0.168 e. The molecule has 0 radical (unpaired) electrons. The van der Waals surface area contributed by atoms with Gasteiger partial charge < -0.3 is 19.9 Å². The first-order valence-corrected chi connectivity index (χ1v) is 7.46. The number of hydrogen-bond acceptors (Lipinski definition) is 4. The Labute approximate surface area is 109 Å². The largest absolute Gasteiger partial charge is 0.396 e. The van der Waals surface area contributed by atoms with Crippen LogP contribution in [-0.2, 0) is 9.47 Å². The predicted molar refractivity (Wildman–Crippen MR) is 68.2 cm³/mol. The molecule has 4 nitrogen and oxygen atoms in total. The Morgan fingerprint density at radius 2 is 1.78 bits per heavy atom. The van der Waals surface area contributed by atoms with Gasteiger partial charge >= 0.3 is 0 Å². The van der Waals surface area contributed by atoms with Crippen LogP contribution in [-0.4, -0.2) is 42.8 Å². The van der Waals surface area contributed by atoms with Gasteiger partial charge in [0, 0.05) is 31.5 Å². The van der Waals surface area contributed by atoms with Gasteiger partial charge in [0.05, 0.1) is 13.2 Å². The molecule has 2 unspecified atom stereocenters. The molecule has 0 bridgehead atoms. The monoisotopic (exact) mass is 255 g/mol. The molecule has 104 valence electrons. The van der Waals surface area contributed by atoms with Crippen molar-refractivity contribution in [3.63, 3.8) is 0 Å². The smallest absolute Gasteiger partial charge is 0.168 e. The van der Waals surface area contributed by atoms with Crippen LogP contribution in [0.4, 0.5) is 0 Å². The lowest BCUT2D eigenvalue weighted by molar-refractivity contribution is -0.179. The van der Waals surface area contributed by atoms with Crippen molar-refractivity contribution in [2.75, 3.05) is 19.8 Å². The van der Waals surface area contributed by atoms with Crippen molar-refractivity contribution in [3.05, 3.63) is 0 Å². The normalized spacial score (nSPS) is 36.5. The Kier molecular flexibility index (Phi) is 3.89. The SMILES string of the molecule is OCC1CCCC1NC1CCC2(CC1)OCCO2. The maximum absolute atomic E-state index is 9.35. The molecule has 0 amide bonds. The van der Waals surface area contributed by atoms with Gasteiger partial charge in [0.1, 0.15) is 0 Å². The minimum atomic E-state index is -0.246. The van der Waals surface area contributed by atoms with Crippen molar-refractivity contribution in [2.24, 2.45) is 5.92 Å². The lowest BCUT2D eigenvalue weighted by Crippen LogP contribution is -2.46. The topological polar surface area (TPSA) is 50.7 Å². The lowest BCUT2D eigenvalue weighted by atomic mass is 9.89. The number of rotatable bonds is 3. The van der Waals surface area contributed by atoms with E-state index in [9.17, 15) is 5.11 Å². The zero-order valence-electron chi connectivity index (χ0n) is 11.1. The van der Waals surface area contributed by atoms with E-state index in [1.807, 2.05) is 0 Å². The van der Waals surface area contributed by atoms with E-state index >= 15 is 0 Å². The third-order valence-electron chi connectivity index (χ3n) is 4.90. The van der Waals surface area contributed by atoms with E-state index < -0.39 is 0 Å². The number of hydrogen-bond donors (Lipinski definition) is 2. The second-order valence-electron chi connectivity index (χ2n) is 6.03. The summed E-state index contributed by atoms with van der Waals surface area (Å²) in [4.78, 5) is 0. The highest BCUT2D eigenvalue weighted by Gasteiger charge is 2.41. The van der Waals surface area contributed by atoms with Crippen molar-refractivity contribution in [1.29, 1.82) is 0 Å². The van der Waals surface area contributed by atoms with Gasteiger partial charge in [0.25, 0.3) is 0 Å². The first-order chi connectivity index (χ1) is 8.81. The van der Waals surface area contributed by atoms with E-state index in [-0.39, 0.29) is 5.79 Å². The van der Waals surface area contributed by atoms with Gasteiger partial charge in [-0.1, -0.05) is 6.42 Å². The highest BCUT2D eigenvalue weighted by Crippen LogP contribution is 2.36. The van der Waals surface area contributed by atoms with Gasteiger partial charge in [0.15, 0.2) is 5.79 Å². The van der Waals surface area contributed by atoms with Crippen molar-refractivity contribution in [3.8, 4) is 0 Å². The molecule has 2 N–H and O–H groups in total. The Bertz CT molecular complexity index is 268. The molecular weight excluding hydrogens is 230 g/mol. The van der Waals surface area contributed by atoms with Gasteiger partial charge in [-0.25, -0.2) is 0 Å². The first-order valence-electron chi connectivity index (χ1n) is 7.46. The molecule has 1 spiro atoms. The molecule has 4 heteroatoms. The quantitative estimate of drug-likeness (QED) is 0.801. The fourth-order valence-electron chi connectivity index (χ4n) is 3.79. The average molecular weight is 255 g/mol. The van der Waals surface area contributed by atoms with Crippen LogP contribution >= 0.6 is 0 Å². The van der Waals surface area contributed by atoms with Gasteiger partial charge in [-0.3, -0.25) is 0 Å². The van der Waals surface area contributed by atoms with Crippen molar-refractivity contribution in [2.45, 2.75) is 62.8 Å². The molecule has 2 saturated carbocycles. The minimum Gasteiger partial charge on any atom is -0.396 e. The molecule has 1 aliphatic heterocycles. The van der Waals surface area contributed by atoms with Crippen LogP contribution < -0.4 is 5.32 Å². The van der Waals surface area contributed by atoms with E-state index in [1.165, 1.54) is 19.3 Å². The van der Waals surface area contributed by atoms with E-state index in [0.29, 0.717) is 24.6 Å². The Morgan fingerprint density at radius 1 is 1.06 bits per heavy atom. The van der Waals surface area contributed by atoms with Crippen molar-refractivity contribution >= 4 is 0 Å². The van der Waals surface area contributed by atoms with E-state index in [1.54, 1.807) is 0 Å². The molecular formula is C14H25NO3. The number of nitrogens with one attached hydrogen (secondary N) is 1. The molecule has 3 aliphatic rings. The molecule has 3 rings (SSSR count).